The van der Waals surface area contributed by atoms with Crippen molar-refractivity contribution in [1.29, 1.82) is 0 Å². The van der Waals surface area contributed by atoms with Crippen molar-refractivity contribution in [2.75, 3.05) is 0 Å². The van der Waals surface area contributed by atoms with Crippen molar-refractivity contribution in [1.82, 2.24) is 0 Å². The van der Waals surface area contributed by atoms with Gasteiger partial charge in [-0.1, -0.05) is 0 Å². The average molecular weight is 346 g/mol. The number of ether oxygens (including phenoxy) is 1. The summed E-state index contributed by atoms with van der Waals surface area (Å²) in [6.07, 6.45) is 0. The van der Waals surface area contributed by atoms with Crippen LogP contribution in [-0.2, 0) is 6.61 Å². The molecule has 1 nitrogen and oxygen atoms in total. The van der Waals surface area contributed by atoms with Crippen LogP contribution < -0.4 is 4.74 Å². The number of halogens is 3. The van der Waals surface area contributed by atoms with Crippen LogP contribution in [0.2, 0.25) is 0 Å². The third-order valence-corrected chi connectivity index (χ3v) is 2.86. The zero-order chi connectivity index (χ0) is 12.3. The molecule has 0 aliphatic rings. The first-order valence-electron chi connectivity index (χ1n) is 4.97. The minimum absolute atomic E-state index is 0.148. The van der Waals surface area contributed by atoms with Crippen LogP contribution in [0, 0.1) is 15.2 Å². The van der Waals surface area contributed by atoms with E-state index in [1.165, 1.54) is 12.1 Å². The third kappa shape index (κ3) is 3.66. The first-order chi connectivity index (χ1) is 8.13. The fraction of sp³-hybridized carbons (Fsp3) is 0.0769. The molecule has 0 bridgehead atoms. The highest BCUT2D eigenvalue weighted by Crippen LogP contribution is 2.16. The summed E-state index contributed by atoms with van der Waals surface area (Å²) in [5.41, 5.74) is 0.473. The predicted molar refractivity (Wildman–Crippen MR) is 69.8 cm³/mol. The molecule has 0 amide bonds. The molecule has 0 aliphatic heterocycles. The maximum Gasteiger partial charge on any atom is 0.126 e. The zero-order valence-electron chi connectivity index (χ0n) is 8.79. The van der Waals surface area contributed by atoms with E-state index in [-0.39, 0.29) is 6.61 Å². The van der Waals surface area contributed by atoms with Gasteiger partial charge < -0.3 is 4.74 Å². The number of hydrogen-bond acceptors (Lipinski definition) is 1. The van der Waals surface area contributed by atoms with Gasteiger partial charge in [-0.25, -0.2) is 8.78 Å². The summed E-state index contributed by atoms with van der Waals surface area (Å²) < 4.78 is 32.3. The fourth-order valence-corrected chi connectivity index (χ4v) is 1.75. The highest BCUT2D eigenvalue weighted by Gasteiger charge is 2.01. The minimum atomic E-state index is -0.591. The Morgan fingerprint density at radius 2 is 1.53 bits per heavy atom. The molecule has 0 atom stereocenters. The van der Waals surface area contributed by atoms with Gasteiger partial charge in [-0.15, -0.1) is 0 Å². The molecule has 17 heavy (non-hydrogen) atoms. The zero-order valence-corrected chi connectivity index (χ0v) is 10.9. The fourth-order valence-electron chi connectivity index (χ4n) is 1.39. The van der Waals surface area contributed by atoms with Gasteiger partial charge in [0.05, 0.1) is 0 Å². The summed E-state index contributed by atoms with van der Waals surface area (Å²) in [5.74, 6) is -0.507. The average Bonchev–Trinajstić information content (AvgIpc) is 2.27. The van der Waals surface area contributed by atoms with Crippen molar-refractivity contribution in [3.63, 3.8) is 0 Å². The Kier molecular flexibility index (Phi) is 3.93. The molecule has 2 rings (SSSR count). The molecule has 0 saturated heterocycles. The Morgan fingerprint density at radius 3 is 2.12 bits per heavy atom. The Labute approximate surface area is 112 Å². The Balaban J connectivity index is 2.04. The number of hydrogen-bond donors (Lipinski definition) is 0. The first kappa shape index (κ1) is 12.3. The molecule has 0 heterocycles. The summed E-state index contributed by atoms with van der Waals surface area (Å²) in [4.78, 5) is 0. The molecule has 2 aromatic rings. The lowest BCUT2D eigenvalue weighted by atomic mass is 10.2. The highest BCUT2D eigenvalue weighted by molar-refractivity contribution is 14.1. The smallest absolute Gasteiger partial charge is 0.126 e. The number of rotatable bonds is 3. The summed E-state index contributed by atoms with van der Waals surface area (Å²) >= 11 is 2.19. The second kappa shape index (κ2) is 5.44. The molecule has 0 N–H and O–H groups in total. The van der Waals surface area contributed by atoms with E-state index in [2.05, 4.69) is 22.6 Å². The van der Waals surface area contributed by atoms with Crippen molar-refractivity contribution < 1.29 is 13.5 Å². The molecule has 0 unspecified atom stereocenters. The normalized spacial score (nSPS) is 10.3. The van der Waals surface area contributed by atoms with Gasteiger partial charge in [0.1, 0.15) is 24.0 Å². The van der Waals surface area contributed by atoms with Gasteiger partial charge in [-0.2, -0.15) is 0 Å². The second-order valence-corrected chi connectivity index (χ2v) is 4.77. The van der Waals surface area contributed by atoms with E-state index in [1.807, 2.05) is 24.3 Å². The topological polar surface area (TPSA) is 9.23 Å². The van der Waals surface area contributed by atoms with E-state index in [4.69, 9.17) is 4.74 Å². The quantitative estimate of drug-likeness (QED) is 0.759. The van der Waals surface area contributed by atoms with Crippen molar-refractivity contribution >= 4 is 22.6 Å². The highest BCUT2D eigenvalue weighted by atomic mass is 127. The number of benzene rings is 2. The van der Waals surface area contributed by atoms with Gasteiger partial charge in [0.15, 0.2) is 0 Å². The van der Waals surface area contributed by atoms with Crippen LogP contribution in [0.1, 0.15) is 5.56 Å². The molecular formula is C13H9F2IO. The van der Waals surface area contributed by atoms with Gasteiger partial charge in [-0.3, -0.25) is 0 Å². The lowest BCUT2D eigenvalue weighted by Gasteiger charge is -2.06. The van der Waals surface area contributed by atoms with Crippen molar-refractivity contribution in [2.24, 2.45) is 0 Å². The van der Waals surface area contributed by atoms with Crippen LogP contribution in [0.5, 0.6) is 5.75 Å². The molecule has 4 heteroatoms. The Morgan fingerprint density at radius 1 is 0.941 bits per heavy atom. The molecule has 0 aromatic heterocycles. The van der Waals surface area contributed by atoms with Crippen LogP contribution >= 0.6 is 22.6 Å². The molecule has 0 saturated carbocycles. The molecular weight excluding hydrogens is 337 g/mol. The van der Waals surface area contributed by atoms with Crippen molar-refractivity contribution in [3.8, 4) is 5.75 Å². The van der Waals surface area contributed by atoms with E-state index >= 15 is 0 Å². The van der Waals surface area contributed by atoms with E-state index in [1.54, 1.807) is 0 Å². The lowest BCUT2D eigenvalue weighted by molar-refractivity contribution is 0.304. The van der Waals surface area contributed by atoms with Gasteiger partial charge >= 0.3 is 0 Å². The van der Waals surface area contributed by atoms with E-state index in [9.17, 15) is 8.78 Å². The second-order valence-electron chi connectivity index (χ2n) is 3.52. The van der Waals surface area contributed by atoms with Gasteiger partial charge in [0.2, 0.25) is 0 Å². The van der Waals surface area contributed by atoms with Crippen molar-refractivity contribution in [3.05, 3.63) is 63.2 Å². The Bertz CT molecular complexity index is 491. The van der Waals surface area contributed by atoms with E-state index < -0.39 is 11.6 Å². The molecule has 0 aliphatic carbocycles. The Hall–Kier alpha value is -1.17. The molecule has 0 radical (unpaired) electrons. The standard InChI is InChI=1S/C13H9F2IO/c14-10-5-9(6-11(15)7-10)8-17-13-3-1-12(16)2-4-13/h1-7H,8H2. The van der Waals surface area contributed by atoms with Gasteiger partial charge in [0, 0.05) is 9.64 Å². The van der Waals surface area contributed by atoms with Crippen LogP contribution in [0.25, 0.3) is 0 Å². The first-order valence-corrected chi connectivity index (χ1v) is 6.05. The maximum absolute atomic E-state index is 12.9. The van der Waals surface area contributed by atoms with E-state index in [0.717, 1.165) is 9.64 Å². The largest absolute Gasteiger partial charge is 0.489 e. The molecule has 2 aromatic carbocycles. The summed E-state index contributed by atoms with van der Waals surface area (Å²) in [5, 5.41) is 0. The van der Waals surface area contributed by atoms with Crippen molar-refractivity contribution in [2.45, 2.75) is 6.61 Å². The van der Waals surface area contributed by atoms with E-state index in [0.29, 0.717) is 11.3 Å². The SMILES string of the molecule is Fc1cc(F)cc(COc2ccc(I)cc2)c1. The van der Waals surface area contributed by atoms with Crippen LogP contribution in [0.3, 0.4) is 0 Å². The summed E-state index contributed by atoms with van der Waals surface area (Å²) in [7, 11) is 0. The van der Waals surface area contributed by atoms with Gasteiger partial charge in [0.25, 0.3) is 0 Å². The molecule has 0 spiro atoms. The van der Waals surface area contributed by atoms with Crippen LogP contribution in [-0.4, -0.2) is 0 Å². The van der Waals surface area contributed by atoms with Gasteiger partial charge in [-0.05, 0) is 64.6 Å². The maximum atomic E-state index is 12.9. The van der Waals surface area contributed by atoms with Crippen LogP contribution in [0.15, 0.2) is 42.5 Å². The minimum Gasteiger partial charge on any atom is -0.489 e. The predicted octanol–water partition coefficient (Wildman–Crippen LogP) is 4.15. The summed E-state index contributed by atoms with van der Waals surface area (Å²) in [6, 6.07) is 10.8. The summed E-state index contributed by atoms with van der Waals surface area (Å²) in [6.45, 7) is 0.148. The lowest BCUT2D eigenvalue weighted by Crippen LogP contribution is -1.97. The third-order valence-electron chi connectivity index (χ3n) is 2.14. The van der Waals surface area contributed by atoms with Crippen LogP contribution in [0.4, 0.5) is 8.78 Å². The molecule has 0 fully saturated rings. The monoisotopic (exact) mass is 346 g/mol. The molecule has 88 valence electrons.